The van der Waals surface area contributed by atoms with Gasteiger partial charge in [0, 0.05) is 25.2 Å². The van der Waals surface area contributed by atoms with E-state index in [1.165, 1.54) is 12.8 Å². The van der Waals surface area contributed by atoms with Gasteiger partial charge in [-0.25, -0.2) is 0 Å². The van der Waals surface area contributed by atoms with E-state index in [-0.39, 0.29) is 11.9 Å². The van der Waals surface area contributed by atoms with Crippen LogP contribution in [0.4, 0.5) is 0 Å². The Hall–Kier alpha value is -0.610. The third kappa shape index (κ3) is 1.91. The Bertz CT molecular complexity index is 229. The minimum Gasteiger partial charge on any atom is -0.340 e. The first-order valence-corrected chi connectivity index (χ1v) is 5.47. The summed E-state index contributed by atoms with van der Waals surface area (Å²) in [6, 6.07) is 0.780. The van der Waals surface area contributed by atoms with Crippen LogP contribution in [-0.2, 0) is 4.79 Å². The smallest absolute Gasteiger partial charge is 0.239 e. The zero-order chi connectivity index (χ0) is 10.1. The number of amides is 1. The molecule has 2 bridgehead atoms. The van der Waals surface area contributed by atoms with Gasteiger partial charge in [0.25, 0.3) is 0 Å². The van der Waals surface area contributed by atoms with Crippen molar-refractivity contribution >= 4 is 5.91 Å². The molecule has 2 aliphatic heterocycles. The number of hydrogen-bond donors (Lipinski definition) is 2. The van der Waals surface area contributed by atoms with Crippen molar-refractivity contribution in [3.8, 4) is 0 Å². The molecule has 1 amide bonds. The van der Waals surface area contributed by atoms with Crippen LogP contribution in [0.2, 0.25) is 0 Å². The Morgan fingerprint density at radius 3 is 2.86 bits per heavy atom. The molecule has 4 heteroatoms. The molecule has 14 heavy (non-hydrogen) atoms. The molecular weight excluding hydrogens is 178 g/mol. The maximum absolute atomic E-state index is 11.7. The van der Waals surface area contributed by atoms with Crippen molar-refractivity contribution in [1.82, 2.24) is 10.2 Å². The molecule has 0 saturated carbocycles. The van der Waals surface area contributed by atoms with Crippen molar-refractivity contribution in [3.05, 3.63) is 0 Å². The van der Waals surface area contributed by atoms with Crippen LogP contribution in [0.1, 0.15) is 26.2 Å². The molecular formula is C10H19N3O. The van der Waals surface area contributed by atoms with Crippen molar-refractivity contribution in [3.63, 3.8) is 0 Å². The van der Waals surface area contributed by atoms with Gasteiger partial charge in [-0.15, -0.1) is 0 Å². The van der Waals surface area contributed by atoms with Gasteiger partial charge in [-0.2, -0.15) is 0 Å². The van der Waals surface area contributed by atoms with Crippen LogP contribution >= 0.6 is 0 Å². The summed E-state index contributed by atoms with van der Waals surface area (Å²) in [6.45, 7) is 3.48. The van der Waals surface area contributed by atoms with E-state index in [1.807, 2.05) is 4.90 Å². The van der Waals surface area contributed by atoms with E-state index in [0.29, 0.717) is 12.1 Å². The predicted molar refractivity (Wildman–Crippen MR) is 54.8 cm³/mol. The molecule has 4 nitrogen and oxygen atoms in total. The van der Waals surface area contributed by atoms with E-state index >= 15 is 0 Å². The van der Waals surface area contributed by atoms with Gasteiger partial charge in [-0.1, -0.05) is 0 Å². The lowest BCUT2D eigenvalue weighted by atomic mass is 10.1. The number of rotatable bonds is 1. The van der Waals surface area contributed by atoms with Crippen molar-refractivity contribution in [2.75, 3.05) is 13.1 Å². The number of hydrogen-bond acceptors (Lipinski definition) is 3. The second-order valence-electron chi connectivity index (χ2n) is 4.50. The fourth-order valence-electron chi connectivity index (χ4n) is 2.43. The zero-order valence-electron chi connectivity index (χ0n) is 8.70. The second kappa shape index (κ2) is 3.87. The highest BCUT2D eigenvalue weighted by Crippen LogP contribution is 2.20. The summed E-state index contributed by atoms with van der Waals surface area (Å²) in [4.78, 5) is 13.6. The average molecular weight is 197 g/mol. The predicted octanol–water partition coefficient (Wildman–Crippen LogP) is -0.313. The van der Waals surface area contributed by atoms with Crippen molar-refractivity contribution < 1.29 is 4.79 Å². The highest BCUT2D eigenvalue weighted by molar-refractivity contribution is 5.81. The van der Waals surface area contributed by atoms with Gasteiger partial charge in [-0.05, 0) is 26.2 Å². The quantitative estimate of drug-likeness (QED) is 0.606. The number of likely N-dealkylation sites (tertiary alicyclic amines) is 1. The molecule has 0 aromatic rings. The van der Waals surface area contributed by atoms with Gasteiger partial charge in [-0.3, -0.25) is 4.79 Å². The monoisotopic (exact) mass is 197 g/mol. The van der Waals surface area contributed by atoms with Crippen molar-refractivity contribution in [1.29, 1.82) is 0 Å². The van der Waals surface area contributed by atoms with Crippen LogP contribution in [0.3, 0.4) is 0 Å². The summed E-state index contributed by atoms with van der Waals surface area (Å²) < 4.78 is 0. The molecule has 0 radical (unpaired) electrons. The van der Waals surface area contributed by atoms with Crippen molar-refractivity contribution in [2.45, 2.75) is 44.3 Å². The number of carbonyl (C=O) groups is 1. The maximum Gasteiger partial charge on any atom is 0.239 e. The van der Waals surface area contributed by atoms with Crippen LogP contribution in [-0.4, -0.2) is 42.0 Å². The summed E-state index contributed by atoms with van der Waals surface area (Å²) in [6.07, 6.45) is 3.55. The molecule has 2 saturated heterocycles. The van der Waals surface area contributed by atoms with Crippen LogP contribution in [0.5, 0.6) is 0 Å². The van der Waals surface area contributed by atoms with Gasteiger partial charge in [0.2, 0.25) is 5.91 Å². The van der Waals surface area contributed by atoms with Crippen LogP contribution in [0, 0.1) is 0 Å². The number of nitrogens with one attached hydrogen (secondary N) is 1. The topological polar surface area (TPSA) is 58.4 Å². The Morgan fingerprint density at radius 1 is 1.43 bits per heavy atom. The van der Waals surface area contributed by atoms with Gasteiger partial charge < -0.3 is 16.0 Å². The third-order valence-electron chi connectivity index (χ3n) is 3.22. The fourth-order valence-corrected chi connectivity index (χ4v) is 2.43. The molecule has 0 aromatic carbocycles. The minimum atomic E-state index is -0.355. The summed E-state index contributed by atoms with van der Waals surface area (Å²) >= 11 is 0. The maximum atomic E-state index is 11.7. The van der Waals surface area contributed by atoms with E-state index in [1.54, 1.807) is 6.92 Å². The lowest BCUT2D eigenvalue weighted by molar-refractivity contribution is -0.132. The molecule has 3 atom stereocenters. The van der Waals surface area contributed by atoms with E-state index in [2.05, 4.69) is 5.32 Å². The molecule has 2 aliphatic rings. The minimum absolute atomic E-state index is 0.0966. The Balaban J connectivity index is 1.98. The molecule has 0 aliphatic carbocycles. The number of nitrogens with zero attached hydrogens (tertiary/aromatic N) is 1. The van der Waals surface area contributed by atoms with Gasteiger partial charge in [0.1, 0.15) is 0 Å². The summed E-state index contributed by atoms with van der Waals surface area (Å²) in [5, 5.41) is 3.54. The Morgan fingerprint density at radius 2 is 2.14 bits per heavy atom. The van der Waals surface area contributed by atoms with Crippen molar-refractivity contribution in [2.24, 2.45) is 5.73 Å². The molecule has 2 unspecified atom stereocenters. The zero-order valence-corrected chi connectivity index (χ0v) is 8.70. The molecule has 80 valence electrons. The van der Waals surface area contributed by atoms with Crippen LogP contribution < -0.4 is 11.1 Å². The molecule has 0 aromatic heterocycles. The average Bonchev–Trinajstić information content (AvgIpc) is 2.45. The molecule has 0 spiro atoms. The van der Waals surface area contributed by atoms with Gasteiger partial charge in [0.15, 0.2) is 0 Å². The summed E-state index contributed by atoms with van der Waals surface area (Å²) in [5.74, 6) is 0.0966. The van der Waals surface area contributed by atoms with E-state index in [9.17, 15) is 4.79 Å². The van der Waals surface area contributed by atoms with Gasteiger partial charge in [0.05, 0.1) is 6.04 Å². The standard InChI is InChI=1S/C10H19N3O/c1-7(11)10(14)13-5-4-8-2-3-9(6-13)12-8/h7-9,12H,2-6,11H2,1H3/t7-,8?,9?/m0/s1. The van der Waals surface area contributed by atoms with E-state index < -0.39 is 0 Å². The third-order valence-corrected chi connectivity index (χ3v) is 3.22. The molecule has 2 fully saturated rings. The highest BCUT2D eigenvalue weighted by atomic mass is 16.2. The fraction of sp³-hybridized carbons (Fsp3) is 0.900. The number of fused-ring (bicyclic) bond motifs is 2. The number of nitrogens with two attached hydrogens (primary N) is 1. The van der Waals surface area contributed by atoms with Crippen LogP contribution in [0.15, 0.2) is 0 Å². The SMILES string of the molecule is C[C@H](N)C(=O)N1CCC2CCC(C1)N2. The number of carbonyl (C=O) groups excluding carboxylic acids is 1. The second-order valence-corrected chi connectivity index (χ2v) is 4.50. The van der Waals surface area contributed by atoms with Crippen LogP contribution in [0.25, 0.3) is 0 Å². The first-order valence-electron chi connectivity index (χ1n) is 5.47. The lowest BCUT2D eigenvalue weighted by Gasteiger charge is -2.25. The molecule has 2 heterocycles. The van der Waals surface area contributed by atoms with E-state index in [0.717, 1.165) is 19.5 Å². The summed E-state index contributed by atoms with van der Waals surface area (Å²) in [7, 11) is 0. The highest BCUT2D eigenvalue weighted by Gasteiger charge is 2.31. The first-order chi connectivity index (χ1) is 6.66. The normalized spacial score (nSPS) is 34.0. The van der Waals surface area contributed by atoms with E-state index in [4.69, 9.17) is 5.73 Å². The molecule has 3 N–H and O–H groups in total. The first kappa shape index (κ1) is 9.93. The Kier molecular flexibility index (Phi) is 2.74. The summed E-state index contributed by atoms with van der Waals surface area (Å²) in [5.41, 5.74) is 5.60. The molecule has 2 rings (SSSR count). The largest absolute Gasteiger partial charge is 0.340 e. The van der Waals surface area contributed by atoms with Gasteiger partial charge >= 0.3 is 0 Å². The Labute approximate surface area is 84.8 Å². The lowest BCUT2D eigenvalue weighted by Crippen LogP contribution is -2.45.